The summed E-state index contributed by atoms with van der Waals surface area (Å²) in [6, 6.07) is 0. The van der Waals surface area contributed by atoms with E-state index in [4.69, 9.17) is 16.3 Å². The van der Waals surface area contributed by atoms with Gasteiger partial charge in [0, 0.05) is 5.92 Å². The second-order valence-electron chi connectivity index (χ2n) is 1.81. The molecule has 0 saturated carbocycles. The van der Waals surface area contributed by atoms with E-state index in [9.17, 15) is 0 Å². The lowest BCUT2D eigenvalue weighted by Gasteiger charge is -1.98. The van der Waals surface area contributed by atoms with Crippen LogP contribution in [-0.4, -0.2) is 18.6 Å². The Bertz CT molecular complexity index is 57.1. The smallest absolute Gasteiger partial charge is 0.0633 e. The molecule has 0 aromatic heterocycles. The largest absolute Gasteiger partial charge is 0.380 e. The lowest BCUT2D eigenvalue weighted by Crippen LogP contribution is -2.06. The van der Waals surface area contributed by atoms with E-state index in [-0.39, 0.29) is 5.38 Å². The van der Waals surface area contributed by atoms with E-state index in [0.29, 0.717) is 12.5 Å². The molecule has 2 unspecified atom stereocenters. The zero-order valence-electron chi connectivity index (χ0n) is 4.06. The molecule has 1 rings (SSSR count). The highest BCUT2D eigenvalue weighted by Gasteiger charge is 2.20. The molecule has 7 heavy (non-hydrogen) atoms. The van der Waals surface area contributed by atoms with Crippen molar-refractivity contribution < 1.29 is 4.74 Å². The van der Waals surface area contributed by atoms with Crippen LogP contribution in [0.4, 0.5) is 0 Å². The quantitative estimate of drug-likeness (QED) is 0.434. The van der Waals surface area contributed by atoms with Crippen LogP contribution in [0.3, 0.4) is 0 Å². The minimum absolute atomic E-state index is 0.153. The van der Waals surface area contributed by atoms with E-state index < -0.39 is 0 Å². The molecular weight excluding hydrogens is 112 g/mol. The average Bonchev–Trinajstić information content (AvgIpc) is 1.91. The zero-order chi connectivity index (χ0) is 5.28. The Hall–Kier alpha value is 0.250. The monoisotopic (exact) mass is 119 g/mol. The molecule has 2 atom stereocenters. The number of halogens is 1. The summed E-state index contributed by atoms with van der Waals surface area (Å²) in [7, 11) is 0. The third kappa shape index (κ3) is 1.07. The third-order valence-electron chi connectivity index (χ3n) is 1.12. The van der Waals surface area contributed by atoms with Crippen molar-refractivity contribution in [2.24, 2.45) is 5.92 Å². The van der Waals surface area contributed by atoms with Gasteiger partial charge in [-0.3, -0.25) is 0 Å². The molecule has 0 aromatic rings. The van der Waals surface area contributed by atoms with Crippen LogP contribution in [-0.2, 0) is 4.74 Å². The van der Waals surface area contributed by atoms with Gasteiger partial charge in [0.15, 0.2) is 0 Å². The van der Waals surface area contributed by atoms with Gasteiger partial charge >= 0.3 is 0 Å². The Balaban J connectivity index is 2.33. The maximum absolute atomic E-state index is 5.68. The van der Waals surface area contributed by atoms with Gasteiger partial charge in [0.25, 0.3) is 0 Å². The van der Waals surface area contributed by atoms with E-state index in [1.807, 2.05) is 0 Å². The van der Waals surface area contributed by atoms with Gasteiger partial charge in [-0.05, 0) is 6.92 Å². The zero-order valence-corrected chi connectivity index (χ0v) is 4.82. The minimum Gasteiger partial charge on any atom is -0.380 e. The number of hydrogen-bond acceptors (Lipinski definition) is 1. The Morgan fingerprint density at radius 2 is 2.29 bits per heavy atom. The molecule has 0 aromatic carbocycles. The van der Waals surface area contributed by atoms with Crippen LogP contribution in [0.1, 0.15) is 0 Å². The summed E-state index contributed by atoms with van der Waals surface area (Å²) in [5, 5.41) is 0.153. The second-order valence-corrected chi connectivity index (χ2v) is 2.37. The minimum atomic E-state index is 0.153. The summed E-state index contributed by atoms with van der Waals surface area (Å²) in [5.41, 5.74) is 0. The van der Waals surface area contributed by atoms with Gasteiger partial charge in [-0.15, -0.1) is 11.6 Å². The van der Waals surface area contributed by atoms with Crippen molar-refractivity contribution in [3.63, 3.8) is 0 Å². The van der Waals surface area contributed by atoms with Gasteiger partial charge in [0.2, 0.25) is 0 Å². The van der Waals surface area contributed by atoms with Crippen LogP contribution < -0.4 is 0 Å². The standard InChI is InChI=1S/C5H8ClO/c1-4-2-7-3-5(4)6/h4-5H,1-3H2. The predicted molar refractivity (Wildman–Crippen MR) is 29.3 cm³/mol. The summed E-state index contributed by atoms with van der Waals surface area (Å²) < 4.78 is 4.97. The van der Waals surface area contributed by atoms with Gasteiger partial charge in [-0.2, -0.15) is 0 Å². The van der Waals surface area contributed by atoms with Crippen molar-refractivity contribution in [2.75, 3.05) is 13.2 Å². The number of alkyl halides is 1. The molecular formula is C5H8ClO. The fourth-order valence-corrected chi connectivity index (χ4v) is 0.734. The highest BCUT2D eigenvalue weighted by molar-refractivity contribution is 6.21. The van der Waals surface area contributed by atoms with E-state index in [2.05, 4.69) is 6.92 Å². The van der Waals surface area contributed by atoms with Crippen molar-refractivity contribution in [1.29, 1.82) is 0 Å². The molecule has 1 aliphatic heterocycles. The van der Waals surface area contributed by atoms with Crippen molar-refractivity contribution in [3.8, 4) is 0 Å². The van der Waals surface area contributed by atoms with E-state index >= 15 is 0 Å². The Labute approximate surface area is 48.6 Å². The molecule has 1 aliphatic rings. The molecule has 0 bridgehead atoms. The van der Waals surface area contributed by atoms with E-state index in [0.717, 1.165) is 6.61 Å². The van der Waals surface area contributed by atoms with Crippen LogP contribution in [0.15, 0.2) is 0 Å². The Morgan fingerprint density at radius 1 is 1.57 bits per heavy atom. The maximum atomic E-state index is 5.68. The first-order valence-corrected chi connectivity index (χ1v) is 2.79. The van der Waals surface area contributed by atoms with Crippen LogP contribution in [0.5, 0.6) is 0 Å². The fourth-order valence-electron chi connectivity index (χ4n) is 0.572. The molecule has 2 heteroatoms. The fraction of sp³-hybridized carbons (Fsp3) is 0.800. The molecule has 0 spiro atoms. The summed E-state index contributed by atoms with van der Waals surface area (Å²) >= 11 is 5.68. The van der Waals surface area contributed by atoms with Gasteiger partial charge in [0.1, 0.15) is 0 Å². The molecule has 1 fully saturated rings. The first-order valence-electron chi connectivity index (χ1n) is 2.35. The van der Waals surface area contributed by atoms with Gasteiger partial charge in [-0.1, -0.05) is 0 Å². The van der Waals surface area contributed by atoms with Crippen LogP contribution >= 0.6 is 11.6 Å². The summed E-state index contributed by atoms with van der Waals surface area (Å²) in [6.45, 7) is 5.17. The summed E-state index contributed by atoms with van der Waals surface area (Å²) in [4.78, 5) is 0. The van der Waals surface area contributed by atoms with Crippen molar-refractivity contribution >= 4 is 11.6 Å². The van der Waals surface area contributed by atoms with Crippen LogP contribution in [0, 0.1) is 12.8 Å². The van der Waals surface area contributed by atoms with Crippen molar-refractivity contribution in [3.05, 3.63) is 6.92 Å². The molecule has 0 N–H and O–H groups in total. The molecule has 0 amide bonds. The third-order valence-corrected chi connectivity index (χ3v) is 1.60. The molecule has 1 radical (unpaired) electrons. The topological polar surface area (TPSA) is 9.23 Å². The highest BCUT2D eigenvalue weighted by atomic mass is 35.5. The average molecular weight is 120 g/mol. The van der Waals surface area contributed by atoms with Crippen LogP contribution in [0.25, 0.3) is 0 Å². The normalized spacial score (nSPS) is 42.0. The molecule has 41 valence electrons. The SMILES string of the molecule is [CH2]C1COCC1Cl. The Kier molecular flexibility index (Phi) is 1.55. The number of hydrogen-bond donors (Lipinski definition) is 0. The van der Waals surface area contributed by atoms with Gasteiger partial charge < -0.3 is 4.74 Å². The lowest BCUT2D eigenvalue weighted by molar-refractivity contribution is 0.191. The van der Waals surface area contributed by atoms with Crippen LogP contribution in [0.2, 0.25) is 0 Å². The molecule has 1 nitrogen and oxygen atoms in total. The summed E-state index contributed by atoms with van der Waals surface area (Å²) in [6.07, 6.45) is 0. The number of rotatable bonds is 0. The first kappa shape index (κ1) is 5.39. The number of ether oxygens (including phenoxy) is 1. The van der Waals surface area contributed by atoms with E-state index in [1.54, 1.807) is 0 Å². The Morgan fingerprint density at radius 3 is 2.43 bits per heavy atom. The molecule has 0 aliphatic carbocycles. The van der Waals surface area contributed by atoms with Crippen molar-refractivity contribution in [2.45, 2.75) is 5.38 Å². The first-order chi connectivity index (χ1) is 3.30. The maximum Gasteiger partial charge on any atom is 0.0633 e. The van der Waals surface area contributed by atoms with Crippen molar-refractivity contribution in [1.82, 2.24) is 0 Å². The highest BCUT2D eigenvalue weighted by Crippen LogP contribution is 2.16. The lowest BCUT2D eigenvalue weighted by atomic mass is 10.2. The molecule has 1 saturated heterocycles. The molecule has 1 heterocycles. The van der Waals surface area contributed by atoms with Gasteiger partial charge in [-0.25, -0.2) is 0 Å². The predicted octanol–water partition coefficient (Wildman–Crippen LogP) is 1.07. The van der Waals surface area contributed by atoms with Gasteiger partial charge in [0.05, 0.1) is 18.6 Å². The summed E-state index contributed by atoms with van der Waals surface area (Å²) in [5.74, 6) is 0.307. The van der Waals surface area contributed by atoms with E-state index in [1.165, 1.54) is 0 Å². The second kappa shape index (κ2) is 2.01.